The summed E-state index contributed by atoms with van der Waals surface area (Å²) in [6.07, 6.45) is 7.99. The normalized spacial score (nSPS) is 31.3. The van der Waals surface area contributed by atoms with E-state index in [1.807, 2.05) is 12.3 Å². The Kier molecular flexibility index (Phi) is 3.19. The molecule has 4 heteroatoms. The number of pyridine rings is 1. The van der Waals surface area contributed by atoms with E-state index in [0.29, 0.717) is 12.1 Å². The number of fused-ring (bicyclic) bond motifs is 3. The second-order valence-electron chi connectivity index (χ2n) is 6.23. The Morgan fingerprint density at radius 1 is 1.24 bits per heavy atom. The van der Waals surface area contributed by atoms with E-state index in [-0.39, 0.29) is 0 Å². The average Bonchev–Trinajstić information content (AvgIpc) is 3.06. The first-order valence-corrected chi connectivity index (χ1v) is 7.80. The first kappa shape index (κ1) is 12.9. The van der Waals surface area contributed by atoms with Crippen molar-refractivity contribution in [1.29, 1.82) is 0 Å². The Morgan fingerprint density at radius 3 is 2.71 bits per heavy atom. The Hall–Kier alpha value is -1.81. The van der Waals surface area contributed by atoms with Gasteiger partial charge in [-0.05, 0) is 57.0 Å². The molecule has 0 amide bonds. The summed E-state index contributed by atoms with van der Waals surface area (Å²) in [5.74, 6) is 0.804. The number of aromatic nitrogens is 1. The van der Waals surface area contributed by atoms with Gasteiger partial charge in [0.1, 0.15) is 0 Å². The van der Waals surface area contributed by atoms with Crippen molar-refractivity contribution >= 4 is 5.69 Å². The van der Waals surface area contributed by atoms with Crippen LogP contribution < -0.4 is 5.32 Å². The number of rotatable bonds is 3. The summed E-state index contributed by atoms with van der Waals surface area (Å²) in [6.45, 7) is 4.87. The molecule has 0 spiro atoms. The first-order chi connectivity index (χ1) is 10.3. The van der Waals surface area contributed by atoms with Crippen molar-refractivity contribution in [2.24, 2.45) is 5.92 Å². The Labute approximate surface area is 125 Å². The maximum Gasteiger partial charge on any atom is 0.0996 e. The molecule has 3 fully saturated rings. The second kappa shape index (κ2) is 5.19. The molecular formula is C17H21N3O. The van der Waals surface area contributed by atoms with Gasteiger partial charge in [-0.1, -0.05) is 0 Å². The molecule has 1 N–H and O–H groups in total. The second-order valence-corrected chi connectivity index (χ2v) is 6.23. The van der Waals surface area contributed by atoms with Crippen LogP contribution in [0.25, 0.3) is 11.3 Å². The molecule has 0 unspecified atom stereocenters. The molecule has 3 saturated heterocycles. The van der Waals surface area contributed by atoms with Gasteiger partial charge in [0.05, 0.1) is 30.1 Å². The Bertz CT molecular complexity index is 583. The van der Waals surface area contributed by atoms with E-state index in [0.717, 1.165) is 22.9 Å². The van der Waals surface area contributed by atoms with Gasteiger partial charge < -0.3 is 9.73 Å². The van der Waals surface area contributed by atoms with Gasteiger partial charge >= 0.3 is 0 Å². The van der Waals surface area contributed by atoms with Gasteiger partial charge in [-0.2, -0.15) is 0 Å². The van der Waals surface area contributed by atoms with Crippen LogP contribution in [0, 0.1) is 5.92 Å². The molecule has 2 aromatic rings. The number of nitrogens with one attached hydrogen (secondary N) is 1. The van der Waals surface area contributed by atoms with Crippen LogP contribution in [0.4, 0.5) is 5.69 Å². The minimum Gasteiger partial charge on any atom is -0.472 e. The smallest absolute Gasteiger partial charge is 0.0996 e. The lowest BCUT2D eigenvalue weighted by atomic mass is 9.79. The van der Waals surface area contributed by atoms with Crippen molar-refractivity contribution in [1.82, 2.24) is 9.88 Å². The molecule has 2 bridgehead atoms. The summed E-state index contributed by atoms with van der Waals surface area (Å²) >= 11 is 0. The molecule has 0 radical (unpaired) electrons. The largest absolute Gasteiger partial charge is 0.472 e. The highest BCUT2D eigenvalue weighted by atomic mass is 16.3. The number of hydrogen-bond donors (Lipinski definition) is 1. The van der Waals surface area contributed by atoms with Gasteiger partial charge in [0, 0.05) is 17.6 Å². The molecule has 0 aliphatic carbocycles. The number of piperidine rings is 3. The topological polar surface area (TPSA) is 41.3 Å². The summed E-state index contributed by atoms with van der Waals surface area (Å²) in [6, 6.07) is 7.28. The number of nitrogens with zero attached hydrogens (tertiary/aromatic N) is 2. The number of furan rings is 1. The van der Waals surface area contributed by atoms with Crippen LogP contribution in [0.5, 0.6) is 0 Å². The molecule has 4 nitrogen and oxygen atoms in total. The summed E-state index contributed by atoms with van der Waals surface area (Å²) in [7, 11) is 0. The van der Waals surface area contributed by atoms with E-state index in [4.69, 9.17) is 4.42 Å². The molecule has 2 aromatic heterocycles. The molecule has 110 valence electrons. The molecule has 0 saturated carbocycles. The Balaban J connectivity index is 1.50. The van der Waals surface area contributed by atoms with Gasteiger partial charge in [-0.25, -0.2) is 0 Å². The van der Waals surface area contributed by atoms with Gasteiger partial charge in [-0.3, -0.25) is 9.88 Å². The van der Waals surface area contributed by atoms with Crippen molar-refractivity contribution in [3.8, 4) is 11.3 Å². The molecule has 2 atom stereocenters. The lowest BCUT2D eigenvalue weighted by molar-refractivity contribution is 0.0458. The highest BCUT2D eigenvalue weighted by Crippen LogP contribution is 2.34. The third-order valence-electron chi connectivity index (χ3n) is 5.09. The van der Waals surface area contributed by atoms with Crippen LogP contribution >= 0.6 is 0 Å². The van der Waals surface area contributed by atoms with Gasteiger partial charge in [0.25, 0.3) is 0 Å². The third kappa shape index (κ3) is 2.33. The quantitative estimate of drug-likeness (QED) is 0.939. The van der Waals surface area contributed by atoms with E-state index in [1.165, 1.54) is 25.9 Å². The van der Waals surface area contributed by atoms with Crippen LogP contribution in [-0.2, 0) is 0 Å². The van der Waals surface area contributed by atoms with Crippen molar-refractivity contribution in [3.63, 3.8) is 0 Å². The SMILES string of the molecule is C[C@@H]1[C@H](Nc2ccc(-c3ccoc3)nc2)C2CCN1CC2. The zero-order chi connectivity index (χ0) is 14.2. The number of anilines is 1. The highest BCUT2D eigenvalue weighted by molar-refractivity contribution is 5.59. The van der Waals surface area contributed by atoms with Gasteiger partial charge in [0.15, 0.2) is 0 Å². The molecule has 21 heavy (non-hydrogen) atoms. The number of hydrogen-bond acceptors (Lipinski definition) is 4. The summed E-state index contributed by atoms with van der Waals surface area (Å²) in [5.41, 5.74) is 3.10. The van der Waals surface area contributed by atoms with E-state index in [1.54, 1.807) is 12.5 Å². The molecule has 5 heterocycles. The standard InChI is InChI=1S/C17H21N3O/c1-12-17(13-4-7-20(12)8-5-13)19-15-2-3-16(18-10-15)14-6-9-21-11-14/h2-3,6,9-13,17,19H,4-5,7-8H2,1H3/t12-,17+/m1/s1. The lowest BCUT2D eigenvalue weighted by Crippen LogP contribution is -2.59. The molecule has 5 rings (SSSR count). The van der Waals surface area contributed by atoms with Gasteiger partial charge in [-0.15, -0.1) is 0 Å². The van der Waals surface area contributed by atoms with Crippen molar-refractivity contribution in [3.05, 3.63) is 36.9 Å². The van der Waals surface area contributed by atoms with E-state index < -0.39 is 0 Å². The van der Waals surface area contributed by atoms with Crippen LogP contribution in [0.3, 0.4) is 0 Å². The molecule has 3 aliphatic heterocycles. The third-order valence-corrected chi connectivity index (χ3v) is 5.09. The molecule has 0 aromatic carbocycles. The minimum absolute atomic E-state index is 0.550. The summed E-state index contributed by atoms with van der Waals surface area (Å²) in [4.78, 5) is 7.14. The highest BCUT2D eigenvalue weighted by Gasteiger charge is 2.39. The molecule has 3 aliphatic rings. The predicted molar refractivity (Wildman–Crippen MR) is 83.1 cm³/mol. The monoisotopic (exact) mass is 283 g/mol. The fourth-order valence-corrected chi connectivity index (χ4v) is 3.80. The molecular weight excluding hydrogens is 262 g/mol. The maximum absolute atomic E-state index is 5.11. The average molecular weight is 283 g/mol. The van der Waals surface area contributed by atoms with Crippen LogP contribution in [0.15, 0.2) is 41.3 Å². The zero-order valence-corrected chi connectivity index (χ0v) is 12.3. The first-order valence-electron chi connectivity index (χ1n) is 7.80. The fourth-order valence-electron chi connectivity index (χ4n) is 3.80. The van der Waals surface area contributed by atoms with E-state index in [2.05, 4.69) is 34.3 Å². The van der Waals surface area contributed by atoms with E-state index in [9.17, 15) is 0 Å². The fraction of sp³-hybridized carbons (Fsp3) is 0.471. The summed E-state index contributed by atoms with van der Waals surface area (Å²) < 4.78 is 5.11. The lowest BCUT2D eigenvalue weighted by Gasteiger charge is -2.50. The predicted octanol–water partition coefficient (Wildman–Crippen LogP) is 3.24. The zero-order valence-electron chi connectivity index (χ0n) is 12.3. The van der Waals surface area contributed by atoms with Crippen molar-refractivity contribution < 1.29 is 4.42 Å². The Morgan fingerprint density at radius 2 is 2.10 bits per heavy atom. The minimum atomic E-state index is 0.550. The summed E-state index contributed by atoms with van der Waals surface area (Å²) in [5, 5.41) is 3.71. The van der Waals surface area contributed by atoms with Gasteiger partial charge in [0.2, 0.25) is 0 Å². The van der Waals surface area contributed by atoms with Crippen molar-refractivity contribution in [2.75, 3.05) is 18.4 Å². The van der Waals surface area contributed by atoms with Crippen LogP contribution in [0.2, 0.25) is 0 Å². The van der Waals surface area contributed by atoms with E-state index >= 15 is 0 Å². The van der Waals surface area contributed by atoms with Crippen LogP contribution in [-0.4, -0.2) is 35.1 Å². The maximum atomic E-state index is 5.11. The van der Waals surface area contributed by atoms with Crippen LogP contribution in [0.1, 0.15) is 19.8 Å². The van der Waals surface area contributed by atoms with Crippen molar-refractivity contribution in [2.45, 2.75) is 31.8 Å².